The van der Waals surface area contributed by atoms with E-state index < -0.39 is 0 Å². The number of hydrogen-bond acceptors (Lipinski definition) is 2. The number of likely N-dealkylation sites (tertiary alicyclic amines) is 1. The number of fused-ring (bicyclic) bond motifs is 1. The van der Waals surface area contributed by atoms with Gasteiger partial charge in [0.2, 0.25) is 0 Å². The Morgan fingerprint density at radius 2 is 1.69 bits per heavy atom. The number of hydrogen-bond donors (Lipinski definition) is 1. The van der Waals surface area contributed by atoms with Gasteiger partial charge in [-0.1, -0.05) is 19.3 Å². The van der Waals surface area contributed by atoms with Gasteiger partial charge in [0.25, 0.3) is 0 Å². The number of piperidine rings is 1. The van der Waals surface area contributed by atoms with Crippen molar-refractivity contribution in [1.29, 1.82) is 0 Å². The van der Waals surface area contributed by atoms with Crippen molar-refractivity contribution in [3.8, 4) is 0 Å². The van der Waals surface area contributed by atoms with Gasteiger partial charge in [0.15, 0.2) is 0 Å². The van der Waals surface area contributed by atoms with Crippen molar-refractivity contribution < 1.29 is 5.11 Å². The van der Waals surface area contributed by atoms with E-state index in [1.165, 1.54) is 51.6 Å². The lowest BCUT2D eigenvalue weighted by Gasteiger charge is -2.43. The van der Waals surface area contributed by atoms with Crippen LogP contribution in [0.25, 0.3) is 0 Å². The average Bonchev–Trinajstić information content (AvgIpc) is 2.75. The molecule has 2 saturated carbocycles. The molecule has 0 radical (unpaired) electrons. The van der Waals surface area contributed by atoms with Crippen LogP contribution in [0.3, 0.4) is 0 Å². The maximum absolute atomic E-state index is 9.64. The van der Waals surface area contributed by atoms with E-state index in [4.69, 9.17) is 0 Å². The minimum absolute atomic E-state index is 0.00548. The first-order valence-corrected chi connectivity index (χ1v) is 7.25. The molecule has 4 atom stereocenters. The SMILES string of the molecule is OC1CCC(N2CCC3CCCCC3C2)C1. The molecule has 0 bridgehead atoms. The Morgan fingerprint density at radius 1 is 0.875 bits per heavy atom. The molecule has 2 aliphatic carbocycles. The summed E-state index contributed by atoms with van der Waals surface area (Å²) in [6.45, 7) is 2.64. The van der Waals surface area contributed by atoms with Crippen LogP contribution in [0.2, 0.25) is 0 Å². The molecule has 0 spiro atoms. The topological polar surface area (TPSA) is 23.5 Å². The van der Waals surface area contributed by atoms with Crippen LogP contribution < -0.4 is 0 Å². The van der Waals surface area contributed by atoms with E-state index in [9.17, 15) is 5.11 Å². The molecule has 1 aliphatic heterocycles. The molecule has 0 aromatic heterocycles. The second-order valence-electron chi connectivity index (χ2n) is 6.21. The maximum Gasteiger partial charge on any atom is 0.0555 e. The summed E-state index contributed by atoms with van der Waals surface area (Å²) in [4.78, 5) is 2.70. The summed E-state index contributed by atoms with van der Waals surface area (Å²) in [5, 5.41) is 9.64. The van der Waals surface area contributed by atoms with Gasteiger partial charge in [0.05, 0.1) is 6.10 Å². The van der Waals surface area contributed by atoms with Crippen LogP contribution in [0, 0.1) is 11.8 Å². The number of aliphatic hydroxyl groups is 1. The average molecular weight is 223 g/mol. The summed E-state index contributed by atoms with van der Waals surface area (Å²) in [5.74, 6) is 2.02. The van der Waals surface area contributed by atoms with Crippen LogP contribution in [0.1, 0.15) is 51.4 Å². The Kier molecular flexibility index (Phi) is 3.21. The van der Waals surface area contributed by atoms with Crippen molar-refractivity contribution in [2.24, 2.45) is 11.8 Å². The third kappa shape index (κ3) is 2.14. The van der Waals surface area contributed by atoms with Crippen LogP contribution in [-0.4, -0.2) is 35.2 Å². The molecule has 1 N–H and O–H groups in total. The van der Waals surface area contributed by atoms with Crippen molar-refractivity contribution in [3.05, 3.63) is 0 Å². The molecule has 92 valence electrons. The lowest BCUT2D eigenvalue weighted by Crippen LogP contribution is -2.46. The molecule has 3 aliphatic rings. The standard InChI is InChI=1S/C14H25NO/c16-14-6-5-13(9-14)15-8-7-11-3-1-2-4-12(11)10-15/h11-14,16H,1-10H2. The molecule has 0 amide bonds. The molecule has 1 heterocycles. The molecular formula is C14H25NO. The van der Waals surface area contributed by atoms with Gasteiger partial charge in [-0.2, -0.15) is 0 Å². The van der Waals surface area contributed by atoms with E-state index in [1.54, 1.807) is 0 Å². The Labute approximate surface area is 99.0 Å². The molecule has 0 aromatic rings. The van der Waals surface area contributed by atoms with Crippen LogP contribution in [0.5, 0.6) is 0 Å². The molecule has 0 aromatic carbocycles. The minimum Gasteiger partial charge on any atom is -0.393 e. The highest BCUT2D eigenvalue weighted by molar-refractivity contribution is 4.89. The predicted octanol–water partition coefficient (Wildman–Crippen LogP) is 2.41. The van der Waals surface area contributed by atoms with Gasteiger partial charge in [0, 0.05) is 12.6 Å². The van der Waals surface area contributed by atoms with Crippen molar-refractivity contribution in [3.63, 3.8) is 0 Å². The largest absolute Gasteiger partial charge is 0.393 e. The first-order valence-electron chi connectivity index (χ1n) is 7.25. The van der Waals surface area contributed by atoms with Gasteiger partial charge < -0.3 is 5.11 Å². The van der Waals surface area contributed by atoms with Crippen LogP contribution in [0.4, 0.5) is 0 Å². The number of rotatable bonds is 1. The van der Waals surface area contributed by atoms with Gasteiger partial charge >= 0.3 is 0 Å². The zero-order valence-electron chi connectivity index (χ0n) is 10.3. The van der Waals surface area contributed by atoms with Gasteiger partial charge in [-0.15, -0.1) is 0 Å². The summed E-state index contributed by atoms with van der Waals surface area (Å²) >= 11 is 0. The maximum atomic E-state index is 9.64. The fourth-order valence-electron chi connectivity index (χ4n) is 4.23. The summed E-state index contributed by atoms with van der Waals surface area (Å²) in [6, 6.07) is 0.706. The molecule has 3 fully saturated rings. The highest BCUT2D eigenvalue weighted by Gasteiger charge is 2.35. The molecule has 16 heavy (non-hydrogen) atoms. The normalized spacial score (nSPS) is 45.6. The third-order valence-corrected chi connectivity index (χ3v) is 5.22. The van der Waals surface area contributed by atoms with Gasteiger partial charge in [0.1, 0.15) is 0 Å². The van der Waals surface area contributed by atoms with E-state index >= 15 is 0 Å². The highest BCUT2D eigenvalue weighted by Crippen LogP contribution is 2.38. The van der Waals surface area contributed by atoms with Crippen molar-refractivity contribution >= 4 is 0 Å². The van der Waals surface area contributed by atoms with Crippen LogP contribution in [-0.2, 0) is 0 Å². The van der Waals surface area contributed by atoms with Gasteiger partial charge in [-0.25, -0.2) is 0 Å². The molecule has 1 saturated heterocycles. The zero-order valence-corrected chi connectivity index (χ0v) is 10.3. The van der Waals surface area contributed by atoms with E-state index in [1.807, 2.05) is 0 Å². The Balaban J connectivity index is 1.58. The third-order valence-electron chi connectivity index (χ3n) is 5.22. The smallest absolute Gasteiger partial charge is 0.0555 e. The van der Waals surface area contributed by atoms with Crippen LogP contribution >= 0.6 is 0 Å². The Bertz CT molecular complexity index is 243. The van der Waals surface area contributed by atoms with Crippen molar-refractivity contribution in [2.45, 2.75) is 63.5 Å². The predicted molar refractivity (Wildman–Crippen MR) is 65.3 cm³/mol. The van der Waals surface area contributed by atoms with Crippen LogP contribution in [0.15, 0.2) is 0 Å². The Hall–Kier alpha value is -0.0800. The van der Waals surface area contributed by atoms with Crippen molar-refractivity contribution in [2.75, 3.05) is 13.1 Å². The fraction of sp³-hybridized carbons (Fsp3) is 1.00. The van der Waals surface area contributed by atoms with E-state index in [0.717, 1.165) is 24.7 Å². The van der Waals surface area contributed by atoms with E-state index in [0.29, 0.717) is 6.04 Å². The first kappa shape index (κ1) is 11.0. The summed E-state index contributed by atoms with van der Waals surface area (Å²) in [6.07, 6.45) is 10.6. The molecule has 3 rings (SSSR count). The second-order valence-corrected chi connectivity index (χ2v) is 6.21. The summed E-state index contributed by atoms with van der Waals surface area (Å²) in [5.41, 5.74) is 0. The lowest BCUT2D eigenvalue weighted by atomic mass is 9.75. The monoisotopic (exact) mass is 223 g/mol. The Morgan fingerprint density at radius 3 is 2.44 bits per heavy atom. The summed E-state index contributed by atoms with van der Waals surface area (Å²) in [7, 11) is 0. The number of aliphatic hydroxyl groups excluding tert-OH is 1. The van der Waals surface area contributed by atoms with Gasteiger partial charge in [-0.05, 0) is 50.5 Å². The number of nitrogens with zero attached hydrogens (tertiary/aromatic N) is 1. The highest BCUT2D eigenvalue weighted by atomic mass is 16.3. The van der Waals surface area contributed by atoms with Crippen molar-refractivity contribution in [1.82, 2.24) is 4.90 Å². The molecule has 4 unspecified atom stereocenters. The van der Waals surface area contributed by atoms with E-state index in [-0.39, 0.29) is 6.10 Å². The second kappa shape index (κ2) is 4.66. The molecule has 2 heteroatoms. The molecule has 2 nitrogen and oxygen atoms in total. The molecular weight excluding hydrogens is 198 g/mol. The minimum atomic E-state index is -0.00548. The lowest BCUT2D eigenvalue weighted by molar-refractivity contribution is 0.0533. The zero-order chi connectivity index (χ0) is 11.0. The summed E-state index contributed by atoms with van der Waals surface area (Å²) < 4.78 is 0. The first-order chi connectivity index (χ1) is 7.83. The quantitative estimate of drug-likeness (QED) is 0.738. The van der Waals surface area contributed by atoms with Gasteiger partial charge in [-0.3, -0.25) is 4.90 Å². The van der Waals surface area contributed by atoms with E-state index in [2.05, 4.69) is 4.90 Å². The fourth-order valence-corrected chi connectivity index (χ4v) is 4.23.